The van der Waals surface area contributed by atoms with E-state index in [9.17, 15) is 4.79 Å². The van der Waals surface area contributed by atoms with Crippen molar-refractivity contribution in [2.24, 2.45) is 5.92 Å². The summed E-state index contributed by atoms with van der Waals surface area (Å²) in [5, 5.41) is 9.65. The molecule has 0 saturated heterocycles. The molecule has 0 radical (unpaired) electrons. The lowest BCUT2D eigenvalue weighted by Crippen LogP contribution is -2.35. The Bertz CT molecular complexity index is 878. The minimum Gasteiger partial charge on any atom is -0.497 e. The number of hydrogen-bond acceptors (Lipinski definition) is 6. The van der Waals surface area contributed by atoms with E-state index in [-0.39, 0.29) is 11.9 Å². The van der Waals surface area contributed by atoms with Gasteiger partial charge in [0.25, 0.3) is 0 Å². The van der Waals surface area contributed by atoms with E-state index >= 15 is 0 Å². The third-order valence-electron chi connectivity index (χ3n) is 3.93. The summed E-state index contributed by atoms with van der Waals surface area (Å²) in [7, 11) is 1.59. The van der Waals surface area contributed by atoms with Crippen LogP contribution in [0.1, 0.15) is 25.8 Å². The Hall–Kier alpha value is -3.42. The zero-order valence-electron chi connectivity index (χ0n) is 15.3. The number of methoxy groups -OCH3 is 1. The van der Waals surface area contributed by atoms with Crippen molar-refractivity contribution in [3.05, 3.63) is 54.7 Å². The Labute approximate surface area is 157 Å². The Morgan fingerprint density at radius 1 is 1.19 bits per heavy atom. The molecule has 0 aliphatic rings. The summed E-state index contributed by atoms with van der Waals surface area (Å²) in [5.74, 6) is 1.54. The number of rotatable bonds is 6. The number of benzene rings is 1. The van der Waals surface area contributed by atoms with Gasteiger partial charge in [0.05, 0.1) is 7.11 Å². The molecular formula is C19H21N5O3. The fraction of sp³-hybridized carbons (Fsp3) is 0.263. The Morgan fingerprint density at radius 3 is 2.59 bits per heavy atom. The second-order valence-electron chi connectivity index (χ2n) is 6.25. The molecule has 3 aromatic rings. The molecule has 1 aromatic carbocycles. The zero-order valence-corrected chi connectivity index (χ0v) is 15.3. The molecule has 2 N–H and O–H groups in total. The number of carbonyl (C=O) groups excluding carboxylic acids is 1. The lowest BCUT2D eigenvalue weighted by molar-refractivity contribution is 0.236. The van der Waals surface area contributed by atoms with Gasteiger partial charge in [-0.15, -0.1) is 0 Å². The summed E-state index contributed by atoms with van der Waals surface area (Å²) in [5.41, 5.74) is 1.40. The van der Waals surface area contributed by atoms with Crippen molar-refractivity contribution in [1.82, 2.24) is 20.4 Å². The SMILES string of the molecule is COc1ccc(NC(=O)NC(c2nc(-c3cccnc3)no2)C(C)C)cc1. The first-order valence-corrected chi connectivity index (χ1v) is 8.52. The van der Waals surface area contributed by atoms with E-state index in [1.165, 1.54) is 0 Å². The first-order valence-electron chi connectivity index (χ1n) is 8.52. The van der Waals surface area contributed by atoms with Crippen LogP contribution in [0, 0.1) is 5.92 Å². The van der Waals surface area contributed by atoms with Gasteiger partial charge in [-0.05, 0) is 42.3 Å². The highest BCUT2D eigenvalue weighted by Crippen LogP contribution is 2.23. The Balaban J connectivity index is 1.70. The molecule has 0 aliphatic carbocycles. The Kier molecular flexibility index (Phi) is 5.65. The molecule has 0 aliphatic heterocycles. The van der Waals surface area contributed by atoms with Crippen molar-refractivity contribution in [3.8, 4) is 17.1 Å². The van der Waals surface area contributed by atoms with Crippen molar-refractivity contribution >= 4 is 11.7 Å². The summed E-state index contributed by atoms with van der Waals surface area (Å²) in [4.78, 5) is 20.8. The van der Waals surface area contributed by atoms with Crippen molar-refractivity contribution < 1.29 is 14.1 Å². The smallest absolute Gasteiger partial charge is 0.319 e. The molecule has 27 heavy (non-hydrogen) atoms. The second-order valence-corrected chi connectivity index (χ2v) is 6.25. The van der Waals surface area contributed by atoms with Gasteiger partial charge in [0.15, 0.2) is 0 Å². The number of amides is 2. The summed E-state index contributed by atoms with van der Waals surface area (Å²) in [6.07, 6.45) is 3.33. The van der Waals surface area contributed by atoms with Crippen molar-refractivity contribution in [2.75, 3.05) is 12.4 Å². The van der Waals surface area contributed by atoms with Gasteiger partial charge in [0, 0.05) is 23.6 Å². The van der Waals surface area contributed by atoms with Crippen LogP contribution < -0.4 is 15.4 Å². The van der Waals surface area contributed by atoms with E-state index < -0.39 is 6.04 Å². The van der Waals surface area contributed by atoms with E-state index in [1.807, 2.05) is 19.9 Å². The first-order chi connectivity index (χ1) is 13.1. The second kappa shape index (κ2) is 8.31. The molecule has 8 nitrogen and oxygen atoms in total. The lowest BCUT2D eigenvalue weighted by Gasteiger charge is -2.19. The van der Waals surface area contributed by atoms with Crippen molar-refractivity contribution in [1.29, 1.82) is 0 Å². The Morgan fingerprint density at radius 2 is 1.96 bits per heavy atom. The molecule has 8 heteroatoms. The number of anilines is 1. The van der Waals surface area contributed by atoms with Gasteiger partial charge in [-0.3, -0.25) is 4.98 Å². The van der Waals surface area contributed by atoms with Gasteiger partial charge in [0.2, 0.25) is 11.7 Å². The third kappa shape index (κ3) is 4.60. The van der Waals surface area contributed by atoms with Crippen molar-refractivity contribution in [3.63, 3.8) is 0 Å². The maximum atomic E-state index is 12.4. The molecule has 2 aromatic heterocycles. The summed E-state index contributed by atoms with van der Waals surface area (Å²) in [6, 6.07) is 9.91. The molecule has 2 amide bonds. The van der Waals surface area contributed by atoms with Gasteiger partial charge in [0.1, 0.15) is 11.8 Å². The van der Waals surface area contributed by atoms with Gasteiger partial charge >= 0.3 is 6.03 Å². The molecule has 2 heterocycles. The topological polar surface area (TPSA) is 102 Å². The van der Waals surface area contributed by atoms with Crippen molar-refractivity contribution in [2.45, 2.75) is 19.9 Å². The zero-order chi connectivity index (χ0) is 19.2. The standard InChI is InChI=1S/C19H21N5O3/c1-12(2)16(18-23-17(24-27-18)13-5-4-10-20-11-13)22-19(25)21-14-6-8-15(26-3)9-7-14/h4-12,16H,1-3H3,(H2,21,22,25). The number of carbonyl (C=O) groups is 1. The highest BCUT2D eigenvalue weighted by Gasteiger charge is 2.25. The predicted molar refractivity (Wildman–Crippen MR) is 100 cm³/mol. The molecule has 0 bridgehead atoms. The molecule has 140 valence electrons. The van der Waals surface area contributed by atoms with Crippen LogP contribution in [-0.2, 0) is 0 Å². The van der Waals surface area contributed by atoms with E-state index in [0.717, 1.165) is 11.3 Å². The molecule has 0 saturated carbocycles. The quantitative estimate of drug-likeness (QED) is 0.689. The van der Waals surface area contributed by atoms with Crippen LogP contribution in [-0.4, -0.2) is 28.3 Å². The van der Waals surface area contributed by atoms with E-state index in [2.05, 4.69) is 25.8 Å². The fourth-order valence-corrected chi connectivity index (χ4v) is 2.47. The highest BCUT2D eigenvalue weighted by molar-refractivity contribution is 5.89. The van der Waals surface area contributed by atoms with Gasteiger partial charge in [-0.1, -0.05) is 19.0 Å². The molecular weight excluding hydrogens is 346 g/mol. The van der Waals surface area contributed by atoms with Crippen LogP contribution in [0.4, 0.5) is 10.5 Å². The molecule has 0 spiro atoms. The normalized spacial score (nSPS) is 11.9. The van der Waals surface area contributed by atoms with E-state index in [4.69, 9.17) is 9.26 Å². The van der Waals surface area contributed by atoms with Crippen LogP contribution in [0.3, 0.4) is 0 Å². The van der Waals surface area contributed by atoms with Gasteiger partial charge in [-0.2, -0.15) is 4.98 Å². The van der Waals surface area contributed by atoms with Crippen LogP contribution in [0.15, 0.2) is 53.3 Å². The van der Waals surface area contributed by atoms with Crippen LogP contribution in [0.5, 0.6) is 5.75 Å². The minimum atomic E-state index is -0.429. The van der Waals surface area contributed by atoms with Crippen LogP contribution in [0.2, 0.25) is 0 Å². The van der Waals surface area contributed by atoms with Gasteiger partial charge < -0.3 is 19.9 Å². The average Bonchev–Trinajstić information content (AvgIpc) is 3.17. The average molecular weight is 367 g/mol. The molecule has 3 rings (SSSR count). The molecule has 1 atom stereocenters. The largest absolute Gasteiger partial charge is 0.497 e. The third-order valence-corrected chi connectivity index (χ3v) is 3.93. The van der Waals surface area contributed by atoms with Crippen LogP contribution in [0.25, 0.3) is 11.4 Å². The maximum Gasteiger partial charge on any atom is 0.319 e. The number of pyridine rings is 1. The molecule has 1 unspecified atom stereocenters. The van der Waals surface area contributed by atoms with Crippen LogP contribution >= 0.6 is 0 Å². The summed E-state index contributed by atoms with van der Waals surface area (Å²) in [6.45, 7) is 3.93. The maximum absolute atomic E-state index is 12.4. The lowest BCUT2D eigenvalue weighted by atomic mass is 10.0. The monoisotopic (exact) mass is 367 g/mol. The number of urea groups is 1. The number of nitrogens with zero attached hydrogens (tertiary/aromatic N) is 3. The number of nitrogens with one attached hydrogen (secondary N) is 2. The van der Waals surface area contributed by atoms with E-state index in [0.29, 0.717) is 17.4 Å². The first kappa shape index (κ1) is 18.4. The minimum absolute atomic E-state index is 0.0498. The highest BCUT2D eigenvalue weighted by atomic mass is 16.5. The summed E-state index contributed by atoms with van der Waals surface area (Å²) < 4.78 is 10.5. The fourth-order valence-electron chi connectivity index (χ4n) is 2.47. The van der Waals surface area contributed by atoms with E-state index in [1.54, 1.807) is 49.8 Å². The predicted octanol–water partition coefficient (Wildman–Crippen LogP) is 3.66. The number of aromatic nitrogens is 3. The number of hydrogen-bond donors (Lipinski definition) is 2. The number of ether oxygens (including phenoxy) is 1. The summed E-state index contributed by atoms with van der Waals surface area (Å²) >= 11 is 0. The molecule has 0 fully saturated rings. The van der Waals surface area contributed by atoms with Gasteiger partial charge in [-0.25, -0.2) is 4.79 Å².